The van der Waals surface area contributed by atoms with Gasteiger partial charge in [0.05, 0.1) is 16.8 Å². The fraction of sp³-hybridized carbons (Fsp3) is 0.188. The second kappa shape index (κ2) is 5.27. The van der Waals surface area contributed by atoms with Crippen molar-refractivity contribution in [2.75, 3.05) is 11.6 Å². The molecule has 120 valence electrons. The molecule has 0 unspecified atom stereocenters. The second-order valence-corrected chi connectivity index (χ2v) is 5.24. The molecule has 0 radical (unpaired) electrons. The Kier molecular flexibility index (Phi) is 3.52. The van der Waals surface area contributed by atoms with Crippen LogP contribution in [0, 0.1) is 6.92 Å². The van der Waals surface area contributed by atoms with Gasteiger partial charge in [-0.1, -0.05) is 18.2 Å². The largest absolute Gasteiger partial charge is 0.416 e. The Labute approximate surface area is 130 Å². The van der Waals surface area contributed by atoms with Gasteiger partial charge in [-0.05, 0) is 36.8 Å². The highest BCUT2D eigenvalue weighted by molar-refractivity contribution is 6.02. The summed E-state index contributed by atoms with van der Waals surface area (Å²) >= 11 is 0. The summed E-state index contributed by atoms with van der Waals surface area (Å²) in [5, 5.41) is 10.3. The first-order chi connectivity index (χ1) is 10.8. The summed E-state index contributed by atoms with van der Waals surface area (Å²) in [5.41, 5.74) is 0.286. The van der Waals surface area contributed by atoms with E-state index in [-0.39, 0.29) is 17.8 Å². The Hall–Kier alpha value is -2.54. The average molecular weight is 322 g/mol. The van der Waals surface area contributed by atoms with Crippen LogP contribution in [-0.4, -0.2) is 22.8 Å². The van der Waals surface area contributed by atoms with E-state index < -0.39 is 17.6 Å². The summed E-state index contributed by atoms with van der Waals surface area (Å²) in [6.45, 7) is 1.14. The highest BCUT2D eigenvalue weighted by Gasteiger charge is 2.35. The van der Waals surface area contributed by atoms with Gasteiger partial charge in [-0.25, -0.2) is 0 Å². The van der Waals surface area contributed by atoms with Crippen molar-refractivity contribution < 1.29 is 23.2 Å². The van der Waals surface area contributed by atoms with Crippen LogP contribution in [0.25, 0.3) is 0 Å². The molecular weight excluding hydrogens is 309 g/mol. The Morgan fingerprint density at radius 2 is 1.70 bits per heavy atom. The number of carbonyl (C=O) groups is 1. The third kappa shape index (κ3) is 2.53. The van der Waals surface area contributed by atoms with E-state index in [0.717, 1.165) is 6.07 Å². The molecule has 1 N–H and O–H groups in total. The van der Waals surface area contributed by atoms with Crippen molar-refractivity contribution in [2.24, 2.45) is 0 Å². The number of hydroxylamine groups is 2. The fourth-order valence-electron chi connectivity index (χ4n) is 2.73. The van der Waals surface area contributed by atoms with Crippen LogP contribution in [0.1, 0.15) is 21.5 Å². The van der Waals surface area contributed by atoms with Crippen molar-refractivity contribution >= 4 is 17.3 Å². The molecule has 0 fully saturated rings. The van der Waals surface area contributed by atoms with Crippen molar-refractivity contribution in [1.82, 2.24) is 5.06 Å². The molecule has 23 heavy (non-hydrogen) atoms. The smallest absolute Gasteiger partial charge is 0.320 e. The van der Waals surface area contributed by atoms with E-state index >= 15 is 0 Å². The molecule has 0 bridgehead atoms. The van der Waals surface area contributed by atoms with E-state index in [1.54, 1.807) is 18.2 Å². The van der Waals surface area contributed by atoms with Crippen LogP contribution in [0.4, 0.5) is 24.5 Å². The molecule has 0 spiro atoms. The zero-order chi connectivity index (χ0) is 16.8. The van der Waals surface area contributed by atoms with Gasteiger partial charge < -0.3 is 4.90 Å². The van der Waals surface area contributed by atoms with Gasteiger partial charge in [-0.15, -0.1) is 0 Å². The molecule has 1 aliphatic heterocycles. The lowest BCUT2D eigenvalue weighted by atomic mass is 10.0. The van der Waals surface area contributed by atoms with E-state index in [4.69, 9.17) is 0 Å². The van der Waals surface area contributed by atoms with Gasteiger partial charge in [0.1, 0.15) is 6.67 Å². The van der Waals surface area contributed by atoms with Crippen LogP contribution >= 0.6 is 0 Å². The molecule has 0 aliphatic carbocycles. The minimum atomic E-state index is -4.47. The first-order valence-corrected chi connectivity index (χ1v) is 6.85. The number of rotatable bonds is 1. The van der Waals surface area contributed by atoms with E-state index in [1.807, 2.05) is 0 Å². The maximum atomic E-state index is 13.1. The number of nitrogens with zero attached hydrogens (tertiary/aromatic N) is 2. The number of hydrogen-bond donors (Lipinski definition) is 1. The van der Waals surface area contributed by atoms with Crippen molar-refractivity contribution in [1.29, 1.82) is 0 Å². The van der Waals surface area contributed by atoms with E-state index in [0.29, 0.717) is 16.4 Å². The third-order valence-corrected chi connectivity index (χ3v) is 3.84. The molecule has 0 saturated carbocycles. The van der Waals surface area contributed by atoms with Gasteiger partial charge in [-0.3, -0.25) is 10.0 Å². The first-order valence-electron chi connectivity index (χ1n) is 6.85. The molecule has 4 nitrogen and oxygen atoms in total. The van der Waals surface area contributed by atoms with Crippen LogP contribution in [0.3, 0.4) is 0 Å². The Morgan fingerprint density at radius 3 is 2.39 bits per heavy atom. The minimum absolute atomic E-state index is 0.0394. The van der Waals surface area contributed by atoms with Crippen LogP contribution in [-0.2, 0) is 6.18 Å². The first kappa shape index (κ1) is 15.4. The standard InChI is InChI=1S/C16H13F3N2O2/c1-10-12(16(17,18)19)6-4-8-13(10)20-9-21(23)15(22)11-5-2-3-7-14(11)20/h2-8,23H,9H2,1H3. The van der Waals surface area contributed by atoms with Crippen LogP contribution in [0.15, 0.2) is 42.5 Å². The molecule has 0 atom stereocenters. The number of para-hydroxylation sites is 1. The summed E-state index contributed by atoms with van der Waals surface area (Å²) in [6.07, 6.45) is -4.47. The second-order valence-electron chi connectivity index (χ2n) is 5.24. The number of amides is 1. The summed E-state index contributed by atoms with van der Waals surface area (Å²) in [6, 6.07) is 10.3. The van der Waals surface area contributed by atoms with Crippen LogP contribution in [0.2, 0.25) is 0 Å². The molecule has 2 aromatic rings. The van der Waals surface area contributed by atoms with Gasteiger partial charge in [0.25, 0.3) is 5.91 Å². The number of anilines is 2. The molecule has 1 heterocycles. The Morgan fingerprint density at radius 1 is 1.04 bits per heavy atom. The summed E-state index contributed by atoms with van der Waals surface area (Å²) in [4.78, 5) is 13.5. The number of carbonyl (C=O) groups excluding carboxylic acids is 1. The van der Waals surface area contributed by atoms with Gasteiger partial charge >= 0.3 is 6.18 Å². The summed E-state index contributed by atoms with van der Waals surface area (Å²) in [5.74, 6) is -0.582. The fourth-order valence-corrected chi connectivity index (χ4v) is 2.73. The van der Waals surface area contributed by atoms with E-state index in [1.165, 1.54) is 30.0 Å². The molecule has 3 rings (SSSR count). The number of halogens is 3. The maximum Gasteiger partial charge on any atom is 0.416 e. The SMILES string of the molecule is Cc1c(N2CN(O)C(=O)c3ccccc32)cccc1C(F)(F)F. The van der Waals surface area contributed by atoms with Crippen LogP contribution in [0.5, 0.6) is 0 Å². The Balaban J connectivity index is 2.17. The molecule has 0 aromatic heterocycles. The number of alkyl halides is 3. The van der Waals surface area contributed by atoms with E-state index in [9.17, 15) is 23.2 Å². The van der Waals surface area contributed by atoms with Crippen LogP contribution < -0.4 is 4.90 Å². The minimum Gasteiger partial charge on any atom is -0.320 e. The third-order valence-electron chi connectivity index (χ3n) is 3.84. The summed E-state index contributed by atoms with van der Waals surface area (Å²) < 4.78 is 39.3. The van der Waals surface area contributed by atoms with Gasteiger partial charge in [0.15, 0.2) is 0 Å². The van der Waals surface area contributed by atoms with Crippen molar-refractivity contribution in [3.63, 3.8) is 0 Å². The zero-order valence-electron chi connectivity index (χ0n) is 12.1. The molecule has 2 aromatic carbocycles. The molecule has 1 aliphatic rings. The highest BCUT2D eigenvalue weighted by Crippen LogP contribution is 2.39. The zero-order valence-corrected chi connectivity index (χ0v) is 12.1. The number of benzene rings is 2. The lowest BCUT2D eigenvalue weighted by molar-refractivity contribution is -0.138. The topological polar surface area (TPSA) is 43.8 Å². The molecular formula is C16H13F3N2O2. The summed E-state index contributed by atoms with van der Waals surface area (Å²) in [7, 11) is 0. The van der Waals surface area contributed by atoms with Crippen molar-refractivity contribution in [3.8, 4) is 0 Å². The van der Waals surface area contributed by atoms with Crippen molar-refractivity contribution in [2.45, 2.75) is 13.1 Å². The van der Waals surface area contributed by atoms with Gasteiger partial charge in [0.2, 0.25) is 0 Å². The Bertz CT molecular complexity index is 774. The predicted octanol–water partition coefficient (Wildman–Crippen LogP) is 3.95. The molecule has 7 heteroatoms. The highest BCUT2D eigenvalue weighted by atomic mass is 19.4. The van der Waals surface area contributed by atoms with E-state index in [2.05, 4.69) is 0 Å². The van der Waals surface area contributed by atoms with Gasteiger partial charge in [0, 0.05) is 5.69 Å². The maximum absolute atomic E-state index is 13.1. The normalized spacial score (nSPS) is 14.9. The predicted molar refractivity (Wildman–Crippen MR) is 77.6 cm³/mol. The lowest BCUT2D eigenvalue weighted by Crippen LogP contribution is -2.43. The van der Waals surface area contributed by atoms with Gasteiger partial charge in [-0.2, -0.15) is 18.2 Å². The molecule has 1 amide bonds. The van der Waals surface area contributed by atoms with Crippen molar-refractivity contribution in [3.05, 3.63) is 59.2 Å². The average Bonchev–Trinajstić information content (AvgIpc) is 2.50. The molecule has 0 saturated heterocycles. The number of hydrogen-bond acceptors (Lipinski definition) is 3. The number of fused-ring (bicyclic) bond motifs is 1. The monoisotopic (exact) mass is 322 g/mol. The lowest BCUT2D eigenvalue weighted by Gasteiger charge is -2.35. The quantitative estimate of drug-likeness (QED) is 0.808.